The smallest absolute Gasteiger partial charge is 0.379 e. The van der Waals surface area contributed by atoms with Gasteiger partial charge in [0, 0.05) is 0 Å². The van der Waals surface area contributed by atoms with Gasteiger partial charge in [-0.25, -0.2) is 4.79 Å². The fraction of sp³-hybridized carbons (Fsp3) is 0.125. The Labute approximate surface area is 194 Å². The third-order valence-electron chi connectivity index (χ3n) is 4.90. The Morgan fingerprint density at radius 1 is 1.12 bits per heavy atom. The van der Waals surface area contributed by atoms with Gasteiger partial charge >= 0.3 is 5.97 Å². The molecule has 0 saturated carbocycles. The Morgan fingerprint density at radius 2 is 1.91 bits per heavy atom. The average Bonchev–Trinajstić information content (AvgIpc) is 3.43. The van der Waals surface area contributed by atoms with Crippen LogP contribution in [0.1, 0.15) is 34.6 Å². The van der Waals surface area contributed by atoms with Crippen LogP contribution in [0.4, 0.5) is 0 Å². The lowest BCUT2D eigenvalue weighted by molar-refractivity contribution is -0.123. The summed E-state index contributed by atoms with van der Waals surface area (Å²) in [5, 5.41) is 0. The van der Waals surface area contributed by atoms with Crippen LogP contribution in [0.25, 0.3) is 6.08 Å². The molecule has 2 aromatic carbocycles. The van der Waals surface area contributed by atoms with Gasteiger partial charge in [0.05, 0.1) is 24.3 Å². The molecule has 8 heteroatoms. The van der Waals surface area contributed by atoms with Crippen molar-refractivity contribution in [2.24, 2.45) is 0 Å². The summed E-state index contributed by atoms with van der Waals surface area (Å²) in [5.74, 6) is -0.0871. The molecule has 1 aliphatic rings. The van der Waals surface area contributed by atoms with Gasteiger partial charge in [0.15, 0.2) is 11.5 Å². The number of thioether (sulfide) groups is 1. The Morgan fingerprint density at radius 3 is 2.59 bits per heavy atom. The molecule has 1 atom stereocenters. The second kappa shape index (κ2) is 9.42. The number of rotatable bonds is 6. The van der Waals surface area contributed by atoms with Crippen molar-refractivity contribution in [2.75, 3.05) is 7.11 Å². The molecule has 1 unspecified atom stereocenters. The van der Waals surface area contributed by atoms with Gasteiger partial charge in [-0.15, -0.1) is 0 Å². The first-order valence-electron chi connectivity index (χ1n) is 9.73. The highest BCUT2D eigenvalue weighted by Gasteiger charge is 2.35. The monoisotopic (exact) mass is 465 g/mol. The van der Waals surface area contributed by atoms with Gasteiger partial charge < -0.3 is 13.9 Å². The Kier molecular flexibility index (Phi) is 6.43. The number of benzene rings is 2. The van der Waals surface area contributed by atoms with E-state index in [4.69, 9.17) is 26.1 Å². The van der Waals surface area contributed by atoms with E-state index < -0.39 is 5.97 Å². The molecular formula is C24H19NO5S2. The maximum absolute atomic E-state index is 13.1. The van der Waals surface area contributed by atoms with E-state index in [2.05, 4.69) is 0 Å². The summed E-state index contributed by atoms with van der Waals surface area (Å²) in [5.41, 5.74) is 1.72. The minimum Gasteiger partial charge on any atom is -0.493 e. The lowest BCUT2D eigenvalue weighted by atomic mass is 10.1. The second-order valence-corrected chi connectivity index (χ2v) is 8.59. The zero-order chi connectivity index (χ0) is 22.7. The molecule has 6 nitrogen and oxygen atoms in total. The lowest BCUT2D eigenvalue weighted by Crippen LogP contribution is -2.30. The molecule has 1 fully saturated rings. The summed E-state index contributed by atoms with van der Waals surface area (Å²) in [4.78, 5) is 27.4. The fourth-order valence-corrected chi connectivity index (χ4v) is 4.67. The number of thiocarbonyl (C=S) groups is 1. The highest BCUT2D eigenvalue weighted by molar-refractivity contribution is 8.26. The second-order valence-electron chi connectivity index (χ2n) is 6.92. The summed E-state index contributed by atoms with van der Waals surface area (Å²) >= 11 is 6.74. The summed E-state index contributed by atoms with van der Waals surface area (Å²) in [7, 11) is 1.48. The van der Waals surface area contributed by atoms with Crippen LogP contribution >= 0.6 is 24.0 Å². The number of carbonyl (C=O) groups excluding carboxylic acids is 2. The molecule has 0 aliphatic carbocycles. The van der Waals surface area contributed by atoms with E-state index in [0.717, 1.165) is 5.56 Å². The number of methoxy groups -OCH3 is 1. The first kappa shape index (κ1) is 21.9. The van der Waals surface area contributed by atoms with E-state index in [1.54, 1.807) is 35.2 Å². The van der Waals surface area contributed by atoms with Crippen LogP contribution < -0.4 is 9.47 Å². The van der Waals surface area contributed by atoms with Crippen LogP contribution in [-0.4, -0.2) is 28.2 Å². The van der Waals surface area contributed by atoms with Crippen LogP contribution in [0, 0.1) is 0 Å². The predicted molar refractivity (Wildman–Crippen MR) is 127 cm³/mol. The maximum atomic E-state index is 13.1. The molecule has 162 valence electrons. The molecule has 4 rings (SSSR count). The first-order chi connectivity index (χ1) is 15.5. The van der Waals surface area contributed by atoms with Crippen LogP contribution in [0.15, 0.2) is 76.2 Å². The molecule has 1 amide bonds. The van der Waals surface area contributed by atoms with Crippen molar-refractivity contribution in [3.05, 3.63) is 88.7 Å². The predicted octanol–water partition coefficient (Wildman–Crippen LogP) is 5.47. The minimum atomic E-state index is -0.628. The highest BCUT2D eigenvalue weighted by Crippen LogP contribution is 2.39. The third-order valence-corrected chi connectivity index (χ3v) is 6.23. The van der Waals surface area contributed by atoms with Crippen LogP contribution in [0.3, 0.4) is 0 Å². The Balaban J connectivity index is 1.55. The van der Waals surface area contributed by atoms with Gasteiger partial charge in [0.1, 0.15) is 4.32 Å². The van der Waals surface area contributed by atoms with E-state index in [0.29, 0.717) is 20.5 Å². The highest BCUT2D eigenvalue weighted by atomic mass is 32.2. The average molecular weight is 466 g/mol. The topological polar surface area (TPSA) is 69.0 Å². The van der Waals surface area contributed by atoms with E-state index in [1.807, 2.05) is 37.3 Å². The van der Waals surface area contributed by atoms with Gasteiger partial charge in [-0.3, -0.25) is 9.69 Å². The zero-order valence-electron chi connectivity index (χ0n) is 17.3. The van der Waals surface area contributed by atoms with Gasteiger partial charge in [-0.05, 0) is 48.4 Å². The molecule has 0 N–H and O–H groups in total. The van der Waals surface area contributed by atoms with Crippen LogP contribution in [-0.2, 0) is 4.79 Å². The normalized spacial score (nSPS) is 15.8. The van der Waals surface area contributed by atoms with Gasteiger partial charge in [-0.2, -0.15) is 0 Å². The molecule has 3 aromatic rings. The van der Waals surface area contributed by atoms with Crippen molar-refractivity contribution in [1.29, 1.82) is 0 Å². The molecule has 0 spiro atoms. The fourth-order valence-electron chi connectivity index (χ4n) is 3.25. The number of ether oxygens (including phenoxy) is 2. The molecule has 1 aliphatic heterocycles. The molecule has 0 bridgehead atoms. The zero-order valence-corrected chi connectivity index (χ0v) is 18.9. The van der Waals surface area contributed by atoms with Gasteiger partial charge in [0.2, 0.25) is 5.76 Å². The number of carbonyl (C=O) groups is 2. The van der Waals surface area contributed by atoms with E-state index >= 15 is 0 Å². The van der Waals surface area contributed by atoms with Gasteiger partial charge in [0.25, 0.3) is 5.91 Å². The number of hydrogen-bond acceptors (Lipinski definition) is 7. The molecule has 1 aromatic heterocycles. The lowest BCUT2D eigenvalue weighted by Gasteiger charge is -2.23. The van der Waals surface area contributed by atoms with Gasteiger partial charge in [-0.1, -0.05) is 60.4 Å². The number of furan rings is 1. The summed E-state index contributed by atoms with van der Waals surface area (Å²) in [6.07, 6.45) is 3.14. The number of esters is 1. The van der Waals surface area contributed by atoms with E-state index in [9.17, 15) is 9.59 Å². The maximum Gasteiger partial charge on any atom is 0.379 e. The van der Waals surface area contributed by atoms with Crippen molar-refractivity contribution in [3.63, 3.8) is 0 Å². The van der Waals surface area contributed by atoms with E-state index in [-0.39, 0.29) is 23.5 Å². The number of amides is 1. The SMILES string of the molecule is COc1cc(C=C2SC(=S)N(C(C)c3ccccc3)C2=O)ccc1OC(=O)c1ccco1. The summed E-state index contributed by atoms with van der Waals surface area (Å²) in [6.45, 7) is 1.95. The quantitative estimate of drug-likeness (QED) is 0.207. The third kappa shape index (κ3) is 4.46. The van der Waals surface area contributed by atoms with Crippen molar-refractivity contribution in [3.8, 4) is 11.5 Å². The summed E-state index contributed by atoms with van der Waals surface area (Å²) in [6, 6.07) is 17.7. The minimum absolute atomic E-state index is 0.0901. The first-order valence-corrected chi connectivity index (χ1v) is 11.0. The molecule has 1 saturated heterocycles. The van der Waals surface area contributed by atoms with Crippen LogP contribution in [0.5, 0.6) is 11.5 Å². The Hall–Kier alpha value is -3.36. The standard InChI is InChI=1S/C24H19NO5S2/c1-15(17-7-4-3-5-8-17)25-22(26)21(32-24(25)31)14-16-10-11-18(20(13-16)28-2)30-23(27)19-9-6-12-29-19/h3-15H,1-2H3. The van der Waals surface area contributed by atoms with E-state index in [1.165, 1.54) is 31.2 Å². The molecular weight excluding hydrogens is 446 g/mol. The van der Waals surface area contributed by atoms with Crippen molar-refractivity contribution in [2.45, 2.75) is 13.0 Å². The number of nitrogens with zero attached hydrogens (tertiary/aromatic N) is 1. The van der Waals surface area contributed by atoms with Crippen molar-refractivity contribution >= 4 is 46.3 Å². The molecule has 32 heavy (non-hydrogen) atoms. The number of hydrogen-bond donors (Lipinski definition) is 0. The van der Waals surface area contributed by atoms with Crippen LogP contribution in [0.2, 0.25) is 0 Å². The largest absolute Gasteiger partial charge is 0.493 e. The van der Waals surface area contributed by atoms with Crippen molar-refractivity contribution < 1.29 is 23.5 Å². The summed E-state index contributed by atoms with van der Waals surface area (Å²) < 4.78 is 16.3. The van der Waals surface area contributed by atoms with Crippen molar-refractivity contribution in [1.82, 2.24) is 4.90 Å². The molecule has 0 radical (unpaired) electrons. The molecule has 2 heterocycles. The Bertz CT molecular complexity index is 1190.